The zero-order chi connectivity index (χ0) is 11.4. The highest BCUT2D eigenvalue weighted by Gasteiger charge is 2.07. The fraction of sp³-hybridized carbons (Fsp3) is 0. The molecule has 0 aliphatic carbocycles. The highest BCUT2D eigenvalue weighted by molar-refractivity contribution is 7.13. The molecular weight excluding hydrogens is 240 g/mol. The first kappa shape index (κ1) is 11.1. The lowest BCUT2D eigenvalue weighted by Crippen LogP contribution is -1.90. The third-order valence-corrected chi connectivity index (χ3v) is 3.42. The summed E-state index contributed by atoms with van der Waals surface area (Å²) in [5.41, 5.74) is 1.00. The van der Waals surface area contributed by atoms with Crippen LogP contribution in [0.15, 0.2) is 47.9 Å². The van der Waals surface area contributed by atoms with Crippen LogP contribution < -0.4 is 0 Å². The monoisotopic (exact) mass is 248 g/mol. The Morgan fingerprint density at radius 3 is 2.56 bits per heavy atom. The van der Waals surface area contributed by atoms with Gasteiger partial charge in [-0.25, -0.2) is 0 Å². The van der Waals surface area contributed by atoms with Crippen molar-refractivity contribution in [3.05, 3.63) is 63.3 Å². The summed E-state index contributed by atoms with van der Waals surface area (Å²) < 4.78 is 0. The van der Waals surface area contributed by atoms with Gasteiger partial charge in [0.2, 0.25) is 0 Å². The van der Waals surface area contributed by atoms with E-state index in [2.05, 4.69) is 0 Å². The molecule has 0 N–H and O–H groups in total. The van der Waals surface area contributed by atoms with Crippen molar-refractivity contribution in [1.29, 1.82) is 0 Å². The van der Waals surface area contributed by atoms with E-state index in [1.54, 1.807) is 18.2 Å². The molecule has 3 heteroatoms. The fourth-order valence-electron chi connectivity index (χ4n) is 1.28. The zero-order valence-corrected chi connectivity index (χ0v) is 9.96. The predicted octanol–water partition coefficient (Wildman–Crippen LogP) is 4.30. The third-order valence-electron chi connectivity index (χ3n) is 2.07. The maximum Gasteiger partial charge on any atom is 0.197 e. The summed E-state index contributed by atoms with van der Waals surface area (Å²) in [5.74, 6) is -0.0520. The number of carbonyl (C=O) groups excluding carboxylic acids is 1. The Kier molecular flexibility index (Phi) is 3.54. The number of allylic oxidation sites excluding steroid dienone is 1. The summed E-state index contributed by atoms with van der Waals surface area (Å²) >= 11 is 7.23. The highest BCUT2D eigenvalue weighted by Crippen LogP contribution is 2.22. The minimum absolute atomic E-state index is 0.0520. The molecule has 0 radical (unpaired) electrons. The molecular formula is C13H9ClOS. The number of thiophene rings is 1. The van der Waals surface area contributed by atoms with Gasteiger partial charge in [-0.2, -0.15) is 0 Å². The van der Waals surface area contributed by atoms with E-state index in [9.17, 15) is 4.79 Å². The number of rotatable bonds is 3. The molecule has 1 nitrogen and oxygen atoms in total. The Morgan fingerprint density at radius 2 is 1.94 bits per heavy atom. The van der Waals surface area contributed by atoms with Crippen LogP contribution in [0.1, 0.15) is 15.2 Å². The molecule has 0 amide bonds. The number of benzene rings is 1. The first-order chi connectivity index (χ1) is 7.77. The molecule has 1 heterocycles. The van der Waals surface area contributed by atoms with Crippen LogP contribution in [0.25, 0.3) is 6.08 Å². The number of halogens is 1. The third kappa shape index (κ3) is 2.60. The van der Waals surface area contributed by atoms with Crippen molar-refractivity contribution < 1.29 is 4.79 Å². The second kappa shape index (κ2) is 5.10. The van der Waals surface area contributed by atoms with E-state index >= 15 is 0 Å². The van der Waals surface area contributed by atoms with Crippen molar-refractivity contribution in [3.63, 3.8) is 0 Å². The van der Waals surface area contributed by atoms with Gasteiger partial charge in [-0.15, -0.1) is 11.3 Å². The van der Waals surface area contributed by atoms with Crippen molar-refractivity contribution in [2.75, 3.05) is 0 Å². The van der Waals surface area contributed by atoms with E-state index in [0.29, 0.717) is 9.90 Å². The minimum Gasteiger partial charge on any atom is -0.288 e. The molecule has 0 saturated heterocycles. The Morgan fingerprint density at radius 1 is 1.19 bits per heavy atom. The van der Waals surface area contributed by atoms with Crippen LogP contribution in [0.2, 0.25) is 5.02 Å². The molecule has 80 valence electrons. The molecule has 0 aliphatic rings. The predicted molar refractivity (Wildman–Crippen MR) is 69.1 cm³/mol. The van der Waals surface area contributed by atoms with Crippen molar-refractivity contribution >= 4 is 34.8 Å². The first-order valence-corrected chi connectivity index (χ1v) is 6.03. The van der Waals surface area contributed by atoms with Gasteiger partial charge in [0.05, 0.1) is 9.90 Å². The van der Waals surface area contributed by atoms with Crippen LogP contribution in [0.4, 0.5) is 0 Å². The van der Waals surface area contributed by atoms with E-state index in [4.69, 9.17) is 11.6 Å². The second-order valence-electron chi connectivity index (χ2n) is 3.21. The van der Waals surface area contributed by atoms with Crippen LogP contribution in [0.3, 0.4) is 0 Å². The summed E-state index contributed by atoms with van der Waals surface area (Å²) in [4.78, 5) is 12.3. The van der Waals surface area contributed by atoms with E-state index in [-0.39, 0.29) is 5.78 Å². The van der Waals surface area contributed by atoms with Crippen LogP contribution in [0, 0.1) is 0 Å². The van der Waals surface area contributed by atoms with Crippen molar-refractivity contribution in [1.82, 2.24) is 0 Å². The van der Waals surface area contributed by atoms with Gasteiger partial charge >= 0.3 is 0 Å². The van der Waals surface area contributed by atoms with Gasteiger partial charge in [-0.3, -0.25) is 4.79 Å². The lowest BCUT2D eigenvalue weighted by Gasteiger charge is -1.92. The average molecular weight is 249 g/mol. The van der Waals surface area contributed by atoms with E-state index < -0.39 is 0 Å². The summed E-state index contributed by atoms with van der Waals surface area (Å²) in [6, 6.07) is 11.4. The molecule has 0 atom stereocenters. The molecule has 1 aromatic carbocycles. The van der Waals surface area contributed by atoms with Crippen LogP contribution in [-0.2, 0) is 0 Å². The van der Waals surface area contributed by atoms with Gasteiger partial charge in [0.15, 0.2) is 5.78 Å². The van der Waals surface area contributed by atoms with E-state index in [0.717, 1.165) is 5.56 Å². The smallest absolute Gasteiger partial charge is 0.197 e. The van der Waals surface area contributed by atoms with Crippen molar-refractivity contribution in [3.8, 4) is 0 Å². The molecule has 2 aromatic rings. The number of hydrogen-bond acceptors (Lipinski definition) is 2. The minimum atomic E-state index is -0.0520. The molecule has 0 bridgehead atoms. The van der Waals surface area contributed by atoms with Crippen molar-refractivity contribution in [2.45, 2.75) is 0 Å². The van der Waals surface area contributed by atoms with E-state index in [1.807, 2.05) is 35.7 Å². The van der Waals surface area contributed by atoms with Gasteiger partial charge in [0.1, 0.15) is 0 Å². The van der Waals surface area contributed by atoms with Gasteiger partial charge in [-0.05, 0) is 23.1 Å². The van der Waals surface area contributed by atoms with E-state index in [1.165, 1.54) is 11.3 Å². The first-order valence-electron chi connectivity index (χ1n) is 4.78. The van der Waals surface area contributed by atoms with Crippen LogP contribution in [0.5, 0.6) is 0 Å². The molecule has 0 aliphatic heterocycles. The number of ketones is 1. The topological polar surface area (TPSA) is 17.1 Å². The zero-order valence-electron chi connectivity index (χ0n) is 8.39. The molecule has 0 fully saturated rings. The maximum atomic E-state index is 11.7. The average Bonchev–Trinajstić information content (AvgIpc) is 2.74. The van der Waals surface area contributed by atoms with Crippen LogP contribution in [-0.4, -0.2) is 5.78 Å². The lowest BCUT2D eigenvalue weighted by atomic mass is 10.2. The SMILES string of the molecule is O=C(/C=C/c1ccccc1)c1sccc1Cl. The molecule has 0 spiro atoms. The number of carbonyl (C=O) groups is 1. The van der Waals surface area contributed by atoms with Gasteiger partial charge in [-0.1, -0.05) is 48.0 Å². The highest BCUT2D eigenvalue weighted by atomic mass is 35.5. The van der Waals surface area contributed by atoms with Gasteiger partial charge in [0.25, 0.3) is 0 Å². The molecule has 0 saturated carbocycles. The van der Waals surface area contributed by atoms with Gasteiger partial charge < -0.3 is 0 Å². The fourth-order valence-corrected chi connectivity index (χ4v) is 2.35. The Bertz CT molecular complexity index is 514. The summed E-state index contributed by atoms with van der Waals surface area (Å²) in [7, 11) is 0. The largest absolute Gasteiger partial charge is 0.288 e. The Balaban J connectivity index is 2.15. The molecule has 0 unspecified atom stereocenters. The lowest BCUT2D eigenvalue weighted by molar-refractivity contribution is 0.105. The van der Waals surface area contributed by atoms with Gasteiger partial charge in [0, 0.05) is 0 Å². The summed E-state index contributed by atoms with van der Waals surface area (Å²) in [5, 5.41) is 2.33. The molecule has 2 rings (SSSR count). The quantitative estimate of drug-likeness (QED) is 0.585. The Hall–Kier alpha value is -1.38. The number of hydrogen-bond donors (Lipinski definition) is 0. The van der Waals surface area contributed by atoms with Crippen LogP contribution >= 0.6 is 22.9 Å². The second-order valence-corrected chi connectivity index (χ2v) is 4.53. The normalized spacial score (nSPS) is 10.8. The molecule has 1 aromatic heterocycles. The maximum absolute atomic E-state index is 11.7. The Labute approximate surface area is 103 Å². The standard InChI is InChI=1S/C13H9ClOS/c14-11-8-9-16-13(11)12(15)7-6-10-4-2-1-3-5-10/h1-9H/b7-6+. The summed E-state index contributed by atoms with van der Waals surface area (Å²) in [6.45, 7) is 0. The summed E-state index contributed by atoms with van der Waals surface area (Å²) in [6.07, 6.45) is 3.34. The van der Waals surface area contributed by atoms with Crippen molar-refractivity contribution in [2.24, 2.45) is 0 Å². The molecule has 16 heavy (non-hydrogen) atoms.